The highest BCUT2D eigenvalue weighted by Crippen LogP contribution is 2.61. The van der Waals surface area contributed by atoms with Crippen molar-refractivity contribution in [1.82, 2.24) is 0 Å². The number of alkyl halides is 13. The van der Waals surface area contributed by atoms with E-state index in [0.29, 0.717) is 15.9 Å². The third kappa shape index (κ3) is 4.17. The number of allylic oxidation sites excluding steroid dienone is 1. The number of hydrogen-bond acceptors (Lipinski definition) is 2. The Balaban J connectivity index is 5.99. The molecule has 0 fully saturated rings. The van der Waals surface area contributed by atoms with Crippen molar-refractivity contribution >= 4 is 27.7 Å². The van der Waals surface area contributed by atoms with Crippen LogP contribution in [0.1, 0.15) is 0 Å². The lowest BCUT2D eigenvalue weighted by Gasteiger charge is -2.39. The van der Waals surface area contributed by atoms with E-state index in [2.05, 4.69) is 0 Å². The summed E-state index contributed by atoms with van der Waals surface area (Å²) in [5.41, 5.74) is 0. The van der Waals surface area contributed by atoms with Crippen molar-refractivity contribution in [3.63, 3.8) is 0 Å². The summed E-state index contributed by atoms with van der Waals surface area (Å²) in [5.74, 6) is -35.9. The third-order valence-corrected chi connectivity index (χ3v) is 3.79. The lowest BCUT2D eigenvalue weighted by atomic mass is 9.94. The molecule has 0 radical (unpaired) electrons. The molecule has 1 N–H and O–H groups in total. The predicted octanol–water partition coefficient (Wildman–Crippen LogP) is 5.39. The number of rotatable bonds is 9. The van der Waals surface area contributed by atoms with Gasteiger partial charge in [-0.3, -0.25) is 0 Å². The van der Waals surface area contributed by atoms with Crippen LogP contribution in [-0.4, -0.2) is 51.9 Å². The molecule has 0 rings (SSSR count). The minimum Gasteiger partial charge on any atom is -0.396 e. The van der Waals surface area contributed by atoms with Crippen molar-refractivity contribution in [2.24, 2.45) is 0 Å². The molecule has 0 amide bonds. The fourth-order valence-corrected chi connectivity index (χ4v) is 1.90. The van der Waals surface area contributed by atoms with Gasteiger partial charge in [-0.2, -0.15) is 52.7 Å². The number of hydrogen-bond donors (Lipinski definition) is 1. The van der Waals surface area contributed by atoms with Crippen molar-refractivity contribution in [2.75, 3.05) is 12.4 Å². The average Bonchev–Trinajstić information content (AvgIpc) is 2.41. The molecule has 15 heteroatoms. The van der Waals surface area contributed by atoms with Gasteiger partial charge in [0.15, 0.2) is 0 Å². The van der Waals surface area contributed by atoms with Crippen molar-refractivity contribution in [3.8, 4) is 0 Å². The molecular formula is C10H7BrF12OS. The Morgan fingerprint density at radius 3 is 1.48 bits per heavy atom. The Kier molecular flexibility index (Phi) is 7.28. The van der Waals surface area contributed by atoms with Crippen LogP contribution in [-0.2, 0) is 0 Å². The molecule has 150 valence electrons. The fraction of sp³-hybridized carbons (Fsp3) is 0.800. The lowest BCUT2D eigenvalue weighted by molar-refractivity contribution is -0.409. The van der Waals surface area contributed by atoms with E-state index < -0.39 is 47.1 Å². The second-order valence-corrected chi connectivity index (χ2v) is 6.33. The highest BCUT2D eigenvalue weighted by Gasteiger charge is 2.89. The molecule has 0 saturated heterocycles. The summed E-state index contributed by atoms with van der Waals surface area (Å²) in [6.07, 6.45) is -0.998. The molecule has 0 spiro atoms. The zero-order chi connectivity index (χ0) is 20.5. The van der Waals surface area contributed by atoms with Crippen molar-refractivity contribution in [1.29, 1.82) is 0 Å². The van der Waals surface area contributed by atoms with Crippen molar-refractivity contribution in [3.05, 3.63) is 11.5 Å². The molecule has 0 bridgehead atoms. The molecule has 0 aliphatic rings. The Hall–Kier alpha value is -0.310. The molecule has 0 heterocycles. The lowest BCUT2D eigenvalue weighted by Crippen LogP contribution is -2.69. The number of halogens is 13. The molecule has 25 heavy (non-hydrogen) atoms. The van der Waals surface area contributed by atoms with Gasteiger partial charge in [-0.15, -0.1) is 11.8 Å². The second kappa shape index (κ2) is 7.37. The van der Waals surface area contributed by atoms with E-state index in [1.165, 1.54) is 0 Å². The SMILES string of the molecule is OCCS/C=C/C(F)(F)C(F)(F)C(F)(F)C(F)(F)C(F)(F)C(F)(F)Br. The van der Waals surface area contributed by atoms with Gasteiger partial charge in [-0.05, 0) is 27.4 Å². The second-order valence-electron chi connectivity index (χ2n) is 4.32. The van der Waals surface area contributed by atoms with Crippen LogP contribution in [0.15, 0.2) is 11.5 Å². The molecule has 0 unspecified atom stereocenters. The molecule has 0 aromatic carbocycles. The summed E-state index contributed by atoms with van der Waals surface area (Å²) in [7, 11) is 0. The van der Waals surface area contributed by atoms with Gasteiger partial charge in [0.2, 0.25) is 0 Å². The maximum Gasteiger partial charge on any atom is 0.388 e. The van der Waals surface area contributed by atoms with Gasteiger partial charge >= 0.3 is 34.4 Å². The molecule has 0 aromatic heterocycles. The topological polar surface area (TPSA) is 20.2 Å². The van der Waals surface area contributed by atoms with E-state index in [9.17, 15) is 52.7 Å². The van der Waals surface area contributed by atoms with Crippen LogP contribution >= 0.6 is 27.7 Å². The van der Waals surface area contributed by atoms with Gasteiger partial charge in [0.25, 0.3) is 0 Å². The minimum absolute atomic E-state index is 0.0234. The first-order chi connectivity index (χ1) is 10.8. The summed E-state index contributed by atoms with van der Waals surface area (Å²) < 4.78 is 156. The van der Waals surface area contributed by atoms with Crippen LogP contribution < -0.4 is 0 Å². The van der Waals surface area contributed by atoms with Crippen LogP contribution in [0.4, 0.5) is 52.7 Å². The van der Waals surface area contributed by atoms with Crippen LogP contribution in [0, 0.1) is 0 Å². The number of aliphatic hydroxyl groups is 1. The monoisotopic (exact) mass is 482 g/mol. The van der Waals surface area contributed by atoms with E-state index in [-0.39, 0.29) is 22.9 Å². The molecule has 0 aliphatic carbocycles. The van der Waals surface area contributed by atoms with Crippen molar-refractivity contribution < 1.29 is 57.8 Å². The third-order valence-electron chi connectivity index (χ3n) is 2.54. The van der Waals surface area contributed by atoms with E-state index in [1.54, 1.807) is 0 Å². The summed E-state index contributed by atoms with van der Waals surface area (Å²) in [5, 5.41) is 8.31. The smallest absolute Gasteiger partial charge is 0.388 e. The first-order valence-corrected chi connectivity index (χ1v) is 7.51. The molecule has 0 aliphatic heterocycles. The Labute approximate surface area is 144 Å². The van der Waals surface area contributed by atoms with Crippen LogP contribution in [0.2, 0.25) is 0 Å². The predicted molar refractivity (Wildman–Crippen MR) is 67.3 cm³/mol. The molecule has 0 saturated carbocycles. The quantitative estimate of drug-likeness (QED) is 0.270. The van der Waals surface area contributed by atoms with Gasteiger partial charge < -0.3 is 5.11 Å². The van der Waals surface area contributed by atoms with Crippen molar-refractivity contribution in [2.45, 2.75) is 34.4 Å². The van der Waals surface area contributed by atoms with Crippen LogP contribution in [0.25, 0.3) is 0 Å². The zero-order valence-electron chi connectivity index (χ0n) is 11.3. The summed E-state index contributed by atoms with van der Waals surface area (Å²) in [4.78, 5) is -6.11. The average molecular weight is 483 g/mol. The van der Waals surface area contributed by atoms with Gasteiger partial charge in [-0.1, -0.05) is 0 Å². The number of aliphatic hydroxyl groups excluding tert-OH is 1. The highest BCUT2D eigenvalue weighted by molar-refractivity contribution is 9.10. The highest BCUT2D eigenvalue weighted by atomic mass is 79.9. The van der Waals surface area contributed by atoms with E-state index >= 15 is 0 Å². The Morgan fingerprint density at radius 2 is 1.12 bits per heavy atom. The van der Waals surface area contributed by atoms with E-state index in [1.807, 2.05) is 0 Å². The first-order valence-electron chi connectivity index (χ1n) is 5.67. The number of thioether (sulfide) groups is 1. The summed E-state index contributed by atoms with van der Waals surface area (Å²) in [6.45, 7) is -0.655. The standard InChI is InChI=1S/C10H7BrF12OS/c11-10(22,23)9(20,21)8(18,19)7(16,17)6(14,15)5(12,13)1-3-25-4-2-24/h1,3,24H,2,4H2/b3-1+. The summed E-state index contributed by atoms with van der Waals surface area (Å²) >= 11 is 0.807. The molecule has 0 aromatic rings. The summed E-state index contributed by atoms with van der Waals surface area (Å²) in [6, 6.07) is 0. The molecule has 0 atom stereocenters. The fourth-order valence-electron chi connectivity index (χ4n) is 1.14. The van der Waals surface area contributed by atoms with Gasteiger partial charge in [0.05, 0.1) is 6.61 Å². The van der Waals surface area contributed by atoms with Crippen LogP contribution in [0.5, 0.6) is 0 Å². The zero-order valence-corrected chi connectivity index (χ0v) is 13.7. The molecule has 1 nitrogen and oxygen atoms in total. The minimum atomic E-state index is -7.57. The normalized spacial score (nSPS) is 15.9. The van der Waals surface area contributed by atoms with Gasteiger partial charge in [0, 0.05) is 5.75 Å². The van der Waals surface area contributed by atoms with E-state index in [4.69, 9.17) is 5.11 Å². The largest absolute Gasteiger partial charge is 0.396 e. The Bertz CT molecular complexity index is 487. The van der Waals surface area contributed by atoms with Gasteiger partial charge in [-0.25, -0.2) is 0 Å². The maximum atomic E-state index is 13.2. The first kappa shape index (κ1) is 24.7. The van der Waals surface area contributed by atoms with Gasteiger partial charge in [0.1, 0.15) is 0 Å². The Morgan fingerprint density at radius 1 is 0.720 bits per heavy atom. The van der Waals surface area contributed by atoms with E-state index in [0.717, 1.165) is 0 Å². The maximum absolute atomic E-state index is 13.2. The van der Waals surface area contributed by atoms with Crippen LogP contribution in [0.3, 0.4) is 0 Å². The molecular weight excluding hydrogens is 476 g/mol.